The smallest absolute Gasteiger partial charge is 0.321 e. The number of H-pyrrole nitrogens is 2. The van der Waals surface area contributed by atoms with Crippen LogP contribution in [0.3, 0.4) is 0 Å². The second kappa shape index (κ2) is 43.8. The first-order valence-corrected chi connectivity index (χ1v) is 48.4. The third kappa shape index (κ3) is 22.7. The minimum absolute atomic E-state index is 0.0645. The van der Waals surface area contributed by atoms with Gasteiger partial charge < -0.3 is 70.2 Å². The van der Waals surface area contributed by atoms with Crippen molar-refractivity contribution in [1.29, 1.82) is 0 Å². The van der Waals surface area contributed by atoms with Crippen molar-refractivity contribution < 1.29 is 33.5 Å². The molecule has 146 heavy (non-hydrogen) atoms. The van der Waals surface area contributed by atoms with Crippen LogP contribution >= 0.6 is 23.2 Å². The van der Waals surface area contributed by atoms with E-state index in [1.54, 1.807) is 80.6 Å². The van der Waals surface area contributed by atoms with E-state index < -0.39 is 12.1 Å². The Morgan fingerprint density at radius 1 is 0.438 bits per heavy atom. The van der Waals surface area contributed by atoms with Gasteiger partial charge in [0.15, 0.2) is 0 Å². The minimum atomic E-state index is -0.507. The number of anilines is 10. The maximum atomic E-state index is 12.6. The van der Waals surface area contributed by atoms with Gasteiger partial charge in [-0.2, -0.15) is 10.2 Å². The lowest BCUT2D eigenvalue weighted by atomic mass is 10.0. The van der Waals surface area contributed by atoms with Crippen LogP contribution in [0.4, 0.5) is 72.6 Å². The molecule has 0 bridgehead atoms. The molecule has 37 nitrogen and oxygen atoms in total. The molecule has 5 atom stereocenters. The van der Waals surface area contributed by atoms with Crippen molar-refractivity contribution in [2.24, 2.45) is 11.8 Å². The number of amides is 9. The van der Waals surface area contributed by atoms with Gasteiger partial charge in [-0.25, -0.2) is 64.2 Å². The van der Waals surface area contributed by atoms with E-state index in [2.05, 4.69) is 136 Å². The maximum Gasteiger partial charge on any atom is 0.321 e. The molecule has 22 rings (SSSR count). The highest BCUT2D eigenvalue weighted by Crippen LogP contribution is 2.50. The summed E-state index contributed by atoms with van der Waals surface area (Å²) in [7, 11) is 3.41. The summed E-state index contributed by atoms with van der Waals surface area (Å²) in [5.74, 6) is 4.12. The number of halogens is 2. The predicted octanol–water partition coefficient (Wildman–Crippen LogP) is 16.3. The molecule has 0 radical (unpaired) electrons. The Bertz CT molecular complexity index is 7630. The number of hydrogen-bond acceptors (Lipinski definition) is 26. The lowest BCUT2D eigenvalue weighted by Crippen LogP contribution is -2.60. The molecular formula is C107H108Cl2N30O7. The summed E-state index contributed by atoms with van der Waals surface area (Å²) >= 11 is 13.5. The largest absolute Gasteiger partial charge is 0.383 e. The van der Waals surface area contributed by atoms with Crippen LogP contribution in [-0.4, -0.2) is 194 Å². The lowest BCUT2D eigenvalue weighted by Gasteiger charge is -2.39. The van der Waals surface area contributed by atoms with Crippen molar-refractivity contribution in [2.75, 3.05) is 115 Å². The summed E-state index contributed by atoms with van der Waals surface area (Å²) in [6, 6.07) is 53.4. The first kappa shape index (κ1) is 99.2. The average molecular weight is 2000 g/mol. The van der Waals surface area contributed by atoms with E-state index in [0.717, 1.165) is 157 Å². The van der Waals surface area contributed by atoms with E-state index in [9.17, 15) is 28.8 Å². The number of nitrogen functional groups attached to an aromatic ring is 5. The van der Waals surface area contributed by atoms with Gasteiger partial charge >= 0.3 is 18.1 Å². The fourth-order valence-electron chi connectivity index (χ4n) is 18.0. The van der Waals surface area contributed by atoms with Crippen molar-refractivity contribution in [1.82, 2.24) is 101 Å². The van der Waals surface area contributed by atoms with Crippen LogP contribution in [0.1, 0.15) is 77.0 Å². The monoisotopic (exact) mass is 1990 g/mol. The van der Waals surface area contributed by atoms with Crippen LogP contribution in [0.15, 0.2) is 226 Å². The van der Waals surface area contributed by atoms with Gasteiger partial charge in [0.2, 0.25) is 17.7 Å². The molecule has 0 spiro atoms. The number of likely N-dealkylation sites (N-methyl/N-ethyl adjacent to an activating group) is 1. The number of nitrogens with one attached hydrogen (secondary N) is 11. The van der Waals surface area contributed by atoms with Gasteiger partial charge in [-0.3, -0.25) is 45.4 Å². The molecule has 3 aliphatic heterocycles. The lowest BCUT2D eigenvalue weighted by molar-refractivity contribution is -0.128. The summed E-state index contributed by atoms with van der Waals surface area (Å²) in [6.07, 6.45) is 18.3. The Kier molecular flexibility index (Phi) is 29.8. The van der Waals surface area contributed by atoms with Crippen molar-refractivity contribution in [3.05, 3.63) is 275 Å². The number of urea groups is 3. The van der Waals surface area contributed by atoms with E-state index in [1.807, 2.05) is 186 Å². The summed E-state index contributed by atoms with van der Waals surface area (Å²) < 4.78 is 5.07. The van der Waals surface area contributed by atoms with E-state index >= 15 is 0 Å². The zero-order chi connectivity index (χ0) is 102. The van der Waals surface area contributed by atoms with E-state index in [0.29, 0.717) is 126 Å². The molecule has 39 heteroatoms. The number of aromatic amines is 2. The summed E-state index contributed by atoms with van der Waals surface area (Å²) in [6.45, 7) is 15.6. The molecule has 1 unspecified atom stereocenters. The summed E-state index contributed by atoms with van der Waals surface area (Å²) in [5, 5.41) is 47.7. The molecule has 5 fully saturated rings. The first-order chi connectivity index (χ1) is 70.6. The number of pyridine rings is 10. The zero-order valence-electron chi connectivity index (χ0n) is 80.9. The standard InChI is InChI=1S/2C22H19ClN6O.C22H26N6O2.C22H24N6O2.C19H20N6O/c2*1-11-4-2-3-5-13(11)20-19(23)15-7-18(25-10-17(15)21(24)29-20)28-22(30)16-6-14(16)12-8-26-27-9-12;1-14-5-3-4-6-17(14)19-9-15-10-20(24-11-18(15)21(23)26-19)27-22(29)25-16-12-28(13-16)7-8-30-2;1-3-13-6-4-5-7-15(13)18-10-14-11-19(24-12-16(14)20(23)25-18)27-22(30)26-17-8-9-28(2)21(17)29;1-11-4-2-3-5-14(11)16-6-12-7-17(22-10-15(12)18(20)24-16)25-19(26)23-13-8-21-9-13/h2*2-5,7-10,14,16H,6H2,1H3,(H2,24,29)(H,26,27)(H,25,28,30);3-6,9-11,16H,7-8,12-13H2,1-2H3,(H2,23,26)(H2,24,25,27,29);4-7,10-12,17H,3,8-9H2,1-2H3,(H2,23,25)(H2,24,26,27,30);2-7,10,13,21H,8-9H2,1H3,(H2,20,24)(H2,22,23,25,26)/t14-,16?;14-,16+;;17-;/m10.1./s1. The SMILES string of the molecule is CCc1ccccc1-c1cc2cc(NC(=O)N[C@@H]3CCN(C)C3=O)ncc2c(N)n1.COCCN1CC(NC(=O)Nc2cc3cc(-c4ccccc4C)nc(N)c3cn2)C1.Cc1ccccc1-c1cc2cc(NC(=O)NC3CNC3)ncc2c(N)n1.Cc1ccccc1-c1nc(N)c2cnc(NC(=O)C3C[C@@H]3c3cn[nH]c3)cc2c1Cl.Cc1ccccc1-c1nc(N)c2cnc(NC(=O)[C@@H]3C[C@H]3c3cn[nH]c3)cc2c1Cl. The van der Waals surface area contributed by atoms with Crippen molar-refractivity contribution in [2.45, 2.75) is 90.3 Å². The number of rotatable bonds is 21. The van der Waals surface area contributed by atoms with Crippen molar-refractivity contribution in [3.63, 3.8) is 0 Å². The van der Waals surface area contributed by atoms with Gasteiger partial charge in [0, 0.05) is 174 Å². The Labute approximate surface area is 849 Å². The average Bonchev–Trinajstić information content (AvgIpc) is 0.989. The normalized spacial score (nSPS) is 16.1. The van der Waals surface area contributed by atoms with Crippen molar-refractivity contribution >= 4 is 171 Å². The Balaban J connectivity index is 0.000000120. The van der Waals surface area contributed by atoms with Gasteiger partial charge in [-0.1, -0.05) is 151 Å². The molecule has 21 N–H and O–H groups in total. The predicted molar refractivity (Wildman–Crippen MR) is 573 cm³/mol. The molecule has 5 aliphatic rings. The van der Waals surface area contributed by atoms with Crippen LogP contribution < -0.4 is 76.5 Å². The Hall–Kier alpha value is -17.0. The number of carbonyl (C=O) groups is 6. The number of methoxy groups -OCH3 is 1. The molecule has 9 amide bonds. The fraction of sp³-hybridized carbons (Fsp3) is 0.234. The fourth-order valence-corrected chi connectivity index (χ4v) is 18.6. The second-order valence-electron chi connectivity index (χ2n) is 36.5. The number of fused-ring (bicyclic) bond motifs is 5. The number of hydrogen-bond donors (Lipinski definition) is 16. The number of aromatic nitrogens is 14. The van der Waals surface area contributed by atoms with Gasteiger partial charge in [-0.05, 0) is 169 Å². The summed E-state index contributed by atoms with van der Waals surface area (Å²) in [4.78, 5) is 122. The van der Waals surface area contributed by atoms with Crippen LogP contribution in [0.25, 0.3) is 110 Å². The topological polar surface area (TPSA) is 543 Å². The highest BCUT2D eigenvalue weighted by molar-refractivity contribution is 6.39. The molecule has 17 aromatic rings. The highest BCUT2D eigenvalue weighted by Gasteiger charge is 2.46. The van der Waals surface area contributed by atoms with E-state index in [1.165, 1.54) is 5.56 Å². The van der Waals surface area contributed by atoms with Gasteiger partial charge in [0.25, 0.3) is 0 Å². The minimum Gasteiger partial charge on any atom is -0.383 e. The van der Waals surface area contributed by atoms with Crippen LogP contribution in [0, 0.1) is 39.5 Å². The van der Waals surface area contributed by atoms with Gasteiger partial charge in [-0.15, -0.1) is 0 Å². The molecule has 2 aliphatic carbocycles. The first-order valence-electron chi connectivity index (χ1n) is 47.6. The maximum absolute atomic E-state index is 12.6. The Morgan fingerprint density at radius 2 is 0.808 bits per heavy atom. The molecule has 742 valence electrons. The van der Waals surface area contributed by atoms with Gasteiger partial charge in [0.05, 0.1) is 69.6 Å². The van der Waals surface area contributed by atoms with Crippen LogP contribution in [0.2, 0.25) is 10.0 Å². The van der Waals surface area contributed by atoms with E-state index in [-0.39, 0.29) is 65.5 Å². The quantitative estimate of drug-likeness (QED) is 0.0318. The number of likely N-dealkylation sites (tertiary alicyclic amines) is 2. The molecule has 15 heterocycles. The number of benzene rings is 5. The molecular weight excluding hydrogens is 1890 g/mol. The number of aryl methyl sites for hydroxylation is 5. The number of nitrogens with zero attached hydrogens (tertiary/aromatic N) is 14. The molecule has 2 saturated carbocycles. The van der Waals surface area contributed by atoms with Crippen LogP contribution in [-0.2, 0) is 25.5 Å². The third-order valence-electron chi connectivity index (χ3n) is 26.4. The van der Waals surface area contributed by atoms with Gasteiger partial charge in [0.1, 0.15) is 64.2 Å². The van der Waals surface area contributed by atoms with Crippen LogP contribution in [0.5, 0.6) is 0 Å². The molecule has 3 saturated heterocycles. The third-order valence-corrected chi connectivity index (χ3v) is 27.2. The van der Waals surface area contributed by atoms with E-state index in [4.69, 9.17) is 56.6 Å². The summed E-state index contributed by atoms with van der Waals surface area (Å²) in [5.41, 5.74) is 47.0. The molecule has 5 aromatic carbocycles. The van der Waals surface area contributed by atoms with Crippen molar-refractivity contribution in [3.8, 4) is 56.3 Å². The number of nitrogens with two attached hydrogens (primary N) is 5. The Morgan fingerprint density at radius 3 is 1.18 bits per heavy atom. The number of carbonyl (C=O) groups excluding carboxylic acids is 6. The second-order valence-corrected chi connectivity index (χ2v) is 37.3. The molecule has 12 aromatic heterocycles. The number of ether oxygens (including phenoxy) is 1. The zero-order valence-corrected chi connectivity index (χ0v) is 82.5. The highest BCUT2D eigenvalue weighted by atomic mass is 35.5.